The zero-order valence-corrected chi connectivity index (χ0v) is 11.6. The monoisotopic (exact) mass is 272 g/mol. The highest BCUT2D eigenvalue weighted by Gasteiger charge is 2.06. The average Bonchev–Trinajstić information content (AvgIpc) is 2.45. The molecule has 2 rings (SSSR count). The Hall–Kier alpha value is -2.36. The molecule has 104 valence electrons. The van der Waals surface area contributed by atoms with Crippen molar-refractivity contribution in [2.75, 3.05) is 19.0 Å². The van der Waals surface area contributed by atoms with Crippen molar-refractivity contribution in [3.63, 3.8) is 0 Å². The molecule has 2 aromatic rings. The van der Waals surface area contributed by atoms with Gasteiger partial charge in [0, 0.05) is 31.9 Å². The van der Waals surface area contributed by atoms with Gasteiger partial charge in [-0.2, -0.15) is 0 Å². The fourth-order valence-corrected chi connectivity index (χ4v) is 1.83. The maximum absolute atomic E-state index is 13.0. The molecule has 4 heteroatoms. The molecule has 3 nitrogen and oxygen atoms in total. The van der Waals surface area contributed by atoms with Gasteiger partial charge >= 0.3 is 0 Å². The molecule has 0 atom stereocenters. The lowest BCUT2D eigenvalue weighted by atomic mass is 10.1. The first-order chi connectivity index (χ1) is 9.56. The second-order valence-electron chi connectivity index (χ2n) is 4.75. The molecule has 0 heterocycles. The first kappa shape index (κ1) is 14.1. The van der Waals surface area contributed by atoms with Crippen LogP contribution in [0.1, 0.15) is 15.9 Å². The van der Waals surface area contributed by atoms with E-state index in [2.05, 4.69) is 5.32 Å². The third-order valence-corrected chi connectivity index (χ3v) is 2.99. The van der Waals surface area contributed by atoms with Crippen molar-refractivity contribution in [2.24, 2.45) is 0 Å². The zero-order chi connectivity index (χ0) is 14.5. The van der Waals surface area contributed by atoms with Crippen molar-refractivity contribution in [1.82, 2.24) is 5.32 Å². The highest BCUT2D eigenvalue weighted by atomic mass is 19.1. The third-order valence-electron chi connectivity index (χ3n) is 2.99. The Labute approximate surface area is 118 Å². The van der Waals surface area contributed by atoms with E-state index in [0.717, 1.165) is 11.3 Å². The molecule has 0 aliphatic carbocycles. The lowest BCUT2D eigenvalue weighted by Crippen LogP contribution is -2.22. The molecule has 1 N–H and O–H groups in total. The molecule has 0 radical (unpaired) electrons. The molecule has 0 aliphatic heterocycles. The summed E-state index contributed by atoms with van der Waals surface area (Å²) in [4.78, 5) is 13.9. The SMILES string of the molecule is CN(C)c1ccc(CNC(=O)c2cccc(F)c2)cc1. The van der Waals surface area contributed by atoms with E-state index >= 15 is 0 Å². The average molecular weight is 272 g/mol. The molecule has 0 saturated heterocycles. The molecule has 0 spiro atoms. The molecular weight excluding hydrogens is 255 g/mol. The Bertz CT molecular complexity index is 594. The molecule has 0 aromatic heterocycles. The summed E-state index contributed by atoms with van der Waals surface area (Å²) in [5.41, 5.74) is 2.43. The second-order valence-corrected chi connectivity index (χ2v) is 4.75. The van der Waals surface area contributed by atoms with Crippen LogP contribution >= 0.6 is 0 Å². The fraction of sp³-hybridized carbons (Fsp3) is 0.188. The molecule has 20 heavy (non-hydrogen) atoms. The van der Waals surface area contributed by atoms with Crippen molar-refractivity contribution >= 4 is 11.6 Å². The molecular formula is C16H17FN2O. The van der Waals surface area contributed by atoms with E-state index < -0.39 is 5.82 Å². The largest absolute Gasteiger partial charge is 0.378 e. The summed E-state index contributed by atoms with van der Waals surface area (Å²) >= 11 is 0. The number of hydrogen-bond donors (Lipinski definition) is 1. The van der Waals surface area contributed by atoms with E-state index in [4.69, 9.17) is 0 Å². The topological polar surface area (TPSA) is 32.3 Å². The van der Waals surface area contributed by atoms with Crippen LogP contribution < -0.4 is 10.2 Å². The Morgan fingerprint density at radius 3 is 2.45 bits per heavy atom. The Kier molecular flexibility index (Phi) is 4.35. The third kappa shape index (κ3) is 3.57. The van der Waals surface area contributed by atoms with Crippen LogP contribution in [-0.2, 0) is 6.54 Å². The summed E-state index contributed by atoms with van der Waals surface area (Å²) in [6.07, 6.45) is 0. The number of carbonyl (C=O) groups excluding carboxylic acids is 1. The molecule has 0 aliphatic rings. The number of hydrogen-bond acceptors (Lipinski definition) is 2. The molecule has 0 saturated carbocycles. The van der Waals surface area contributed by atoms with E-state index in [1.807, 2.05) is 43.3 Å². The van der Waals surface area contributed by atoms with E-state index in [0.29, 0.717) is 12.1 Å². The fourth-order valence-electron chi connectivity index (χ4n) is 1.83. The van der Waals surface area contributed by atoms with Crippen molar-refractivity contribution in [1.29, 1.82) is 0 Å². The number of anilines is 1. The molecule has 0 unspecified atom stereocenters. The van der Waals surface area contributed by atoms with Gasteiger partial charge in [-0.25, -0.2) is 4.39 Å². The van der Waals surface area contributed by atoms with Crippen LogP contribution in [0.4, 0.5) is 10.1 Å². The van der Waals surface area contributed by atoms with Crippen molar-refractivity contribution in [2.45, 2.75) is 6.54 Å². The number of nitrogens with zero attached hydrogens (tertiary/aromatic N) is 1. The van der Waals surface area contributed by atoms with Crippen molar-refractivity contribution in [3.05, 3.63) is 65.5 Å². The van der Waals surface area contributed by atoms with E-state index in [1.165, 1.54) is 18.2 Å². The minimum Gasteiger partial charge on any atom is -0.378 e. The Balaban J connectivity index is 1.96. The van der Waals surface area contributed by atoms with Crippen molar-refractivity contribution < 1.29 is 9.18 Å². The number of nitrogens with one attached hydrogen (secondary N) is 1. The van der Waals surface area contributed by atoms with Gasteiger partial charge in [-0.15, -0.1) is 0 Å². The lowest BCUT2D eigenvalue weighted by Gasteiger charge is -2.13. The molecule has 1 amide bonds. The number of rotatable bonds is 4. The second kappa shape index (κ2) is 6.19. The van der Waals surface area contributed by atoms with Gasteiger partial charge in [0.25, 0.3) is 5.91 Å². The van der Waals surface area contributed by atoms with Crippen LogP contribution in [0.15, 0.2) is 48.5 Å². The highest BCUT2D eigenvalue weighted by Crippen LogP contribution is 2.12. The summed E-state index contributed by atoms with van der Waals surface area (Å²) in [5, 5.41) is 2.77. The van der Waals surface area contributed by atoms with Crippen LogP contribution in [0.2, 0.25) is 0 Å². The molecule has 0 fully saturated rings. The van der Waals surface area contributed by atoms with Crippen LogP contribution in [0.5, 0.6) is 0 Å². The maximum Gasteiger partial charge on any atom is 0.251 e. The highest BCUT2D eigenvalue weighted by molar-refractivity contribution is 5.94. The van der Waals surface area contributed by atoms with Gasteiger partial charge < -0.3 is 10.2 Å². The van der Waals surface area contributed by atoms with E-state index in [9.17, 15) is 9.18 Å². The first-order valence-corrected chi connectivity index (χ1v) is 6.36. The van der Waals surface area contributed by atoms with Crippen LogP contribution in [0.3, 0.4) is 0 Å². The minimum atomic E-state index is -0.409. The van der Waals surface area contributed by atoms with E-state index in [-0.39, 0.29) is 5.91 Å². The summed E-state index contributed by atoms with van der Waals surface area (Å²) in [6, 6.07) is 13.6. The van der Waals surface area contributed by atoms with Gasteiger partial charge in [-0.1, -0.05) is 18.2 Å². The Morgan fingerprint density at radius 2 is 1.85 bits per heavy atom. The quantitative estimate of drug-likeness (QED) is 0.928. The summed E-state index contributed by atoms with van der Waals surface area (Å²) in [7, 11) is 3.95. The predicted molar refractivity (Wildman–Crippen MR) is 78.3 cm³/mol. The van der Waals surface area contributed by atoms with Gasteiger partial charge in [-0.3, -0.25) is 4.79 Å². The predicted octanol–water partition coefficient (Wildman–Crippen LogP) is 2.82. The van der Waals surface area contributed by atoms with Gasteiger partial charge in [0.2, 0.25) is 0 Å². The zero-order valence-electron chi connectivity index (χ0n) is 11.6. The molecule has 0 bridgehead atoms. The lowest BCUT2D eigenvalue weighted by molar-refractivity contribution is 0.0950. The summed E-state index contributed by atoms with van der Waals surface area (Å²) in [5.74, 6) is -0.686. The smallest absolute Gasteiger partial charge is 0.251 e. The summed E-state index contributed by atoms with van der Waals surface area (Å²) in [6.45, 7) is 0.420. The number of benzene rings is 2. The van der Waals surface area contributed by atoms with Gasteiger partial charge in [0.05, 0.1) is 0 Å². The standard InChI is InChI=1S/C16H17FN2O/c1-19(2)15-8-6-12(7-9-15)11-18-16(20)13-4-3-5-14(17)10-13/h3-10H,11H2,1-2H3,(H,18,20). The van der Waals surface area contributed by atoms with E-state index in [1.54, 1.807) is 6.07 Å². The first-order valence-electron chi connectivity index (χ1n) is 6.36. The van der Waals surface area contributed by atoms with Crippen LogP contribution in [0.25, 0.3) is 0 Å². The minimum absolute atomic E-state index is 0.277. The van der Waals surface area contributed by atoms with Crippen LogP contribution in [0, 0.1) is 5.82 Å². The van der Waals surface area contributed by atoms with Gasteiger partial charge in [-0.05, 0) is 35.9 Å². The van der Waals surface area contributed by atoms with Gasteiger partial charge in [0.15, 0.2) is 0 Å². The van der Waals surface area contributed by atoms with Gasteiger partial charge in [0.1, 0.15) is 5.82 Å². The number of amides is 1. The number of carbonyl (C=O) groups is 1. The van der Waals surface area contributed by atoms with Crippen LogP contribution in [-0.4, -0.2) is 20.0 Å². The summed E-state index contributed by atoms with van der Waals surface area (Å²) < 4.78 is 13.0. The number of halogens is 1. The Morgan fingerprint density at radius 1 is 1.15 bits per heavy atom. The van der Waals surface area contributed by atoms with Crippen molar-refractivity contribution in [3.8, 4) is 0 Å². The molecule has 2 aromatic carbocycles. The normalized spacial score (nSPS) is 10.2. The maximum atomic E-state index is 13.0.